The predicted molar refractivity (Wildman–Crippen MR) is 70.1 cm³/mol. The fourth-order valence-corrected chi connectivity index (χ4v) is 4.73. The molecule has 1 aromatic rings. The number of nitrogens with two attached hydrogens (primary N) is 1. The predicted octanol–water partition coefficient (Wildman–Crippen LogP) is 3.40. The summed E-state index contributed by atoms with van der Waals surface area (Å²) in [6.45, 7) is 4.39. The number of thiophene rings is 1. The van der Waals surface area contributed by atoms with Crippen molar-refractivity contribution in [2.45, 2.75) is 63.3 Å². The van der Waals surface area contributed by atoms with Gasteiger partial charge in [0.05, 0.1) is 0 Å². The normalized spacial score (nSPS) is 22.9. The molecule has 0 radical (unpaired) electrons. The molecular weight excluding hydrogens is 214 g/mol. The molecule has 0 spiro atoms. The molecule has 1 fully saturated rings. The van der Waals surface area contributed by atoms with E-state index in [9.17, 15) is 0 Å². The molecular formula is C14H21NS. The van der Waals surface area contributed by atoms with Gasteiger partial charge >= 0.3 is 0 Å². The Bertz CT molecular complexity index is 383. The van der Waals surface area contributed by atoms with Crippen molar-refractivity contribution >= 4 is 11.3 Å². The molecule has 2 aliphatic carbocycles. The van der Waals surface area contributed by atoms with E-state index in [0.717, 1.165) is 0 Å². The lowest BCUT2D eigenvalue weighted by molar-refractivity contribution is 0.397. The van der Waals surface area contributed by atoms with Gasteiger partial charge in [-0.3, -0.25) is 0 Å². The van der Waals surface area contributed by atoms with Gasteiger partial charge in [0.15, 0.2) is 0 Å². The van der Waals surface area contributed by atoms with Crippen LogP contribution in [0.2, 0.25) is 0 Å². The molecule has 0 amide bonds. The molecule has 0 bridgehead atoms. The Hall–Kier alpha value is -0.340. The Labute approximate surface area is 102 Å². The standard InChI is InChI=1S/C14H21NS/c1-13(2,15)14(7-8-14)12-9-10-5-3-4-6-11(10)16-12/h9H,3-8,15H2,1-2H3. The molecule has 2 aliphatic rings. The molecule has 0 saturated heterocycles. The zero-order valence-electron chi connectivity index (χ0n) is 10.3. The van der Waals surface area contributed by atoms with Crippen LogP contribution in [0.3, 0.4) is 0 Å². The summed E-state index contributed by atoms with van der Waals surface area (Å²) in [6, 6.07) is 2.47. The van der Waals surface area contributed by atoms with Gasteiger partial charge in [-0.25, -0.2) is 0 Å². The highest BCUT2D eigenvalue weighted by atomic mass is 32.1. The fourth-order valence-electron chi connectivity index (χ4n) is 3.06. The molecule has 1 saturated carbocycles. The minimum atomic E-state index is -0.0551. The largest absolute Gasteiger partial charge is 0.325 e. The number of aryl methyl sites for hydroxylation is 2. The molecule has 1 aromatic heterocycles. The molecule has 0 atom stereocenters. The van der Waals surface area contributed by atoms with Crippen molar-refractivity contribution in [2.75, 3.05) is 0 Å². The van der Waals surface area contributed by atoms with Crippen LogP contribution in [0, 0.1) is 0 Å². The Balaban J connectivity index is 1.99. The number of hydrogen-bond acceptors (Lipinski definition) is 2. The first-order chi connectivity index (χ1) is 7.53. The average molecular weight is 235 g/mol. The number of fused-ring (bicyclic) bond motifs is 1. The van der Waals surface area contributed by atoms with Crippen LogP contribution in [0.5, 0.6) is 0 Å². The highest BCUT2D eigenvalue weighted by Crippen LogP contribution is 2.57. The van der Waals surface area contributed by atoms with Gasteiger partial charge in [-0.2, -0.15) is 0 Å². The van der Waals surface area contributed by atoms with Crippen LogP contribution in [0.1, 0.15) is 54.8 Å². The van der Waals surface area contributed by atoms with Gasteiger partial charge in [0, 0.05) is 20.7 Å². The van der Waals surface area contributed by atoms with Crippen LogP contribution in [-0.4, -0.2) is 5.54 Å². The Morgan fingerprint density at radius 2 is 1.94 bits per heavy atom. The Kier molecular flexibility index (Phi) is 2.25. The molecule has 0 aromatic carbocycles. The van der Waals surface area contributed by atoms with E-state index in [4.69, 9.17) is 5.73 Å². The molecule has 16 heavy (non-hydrogen) atoms. The molecule has 3 rings (SSSR count). The maximum absolute atomic E-state index is 6.37. The van der Waals surface area contributed by atoms with Gasteiger partial charge in [0.1, 0.15) is 0 Å². The van der Waals surface area contributed by atoms with Crippen molar-refractivity contribution in [2.24, 2.45) is 5.73 Å². The van der Waals surface area contributed by atoms with E-state index < -0.39 is 0 Å². The Morgan fingerprint density at radius 3 is 2.50 bits per heavy atom. The van der Waals surface area contributed by atoms with Gasteiger partial charge in [-0.05, 0) is 64.0 Å². The minimum absolute atomic E-state index is 0.0551. The van der Waals surface area contributed by atoms with Crippen LogP contribution in [0.25, 0.3) is 0 Å². The molecule has 0 unspecified atom stereocenters. The van der Waals surface area contributed by atoms with Crippen LogP contribution >= 0.6 is 11.3 Å². The van der Waals surface area contributed by atoms with Crippen molar-refractivity contribution in [3.8, 4) is 0 Å². The van der Waals surface area contributed by atoms with Gasteiger partial charge in [-0.1, -0.05) is 0 Å². The lowest BCUT2D eigenvalue weighted by Crippen LogP contribution is -2.44. The zero-order chi connectivity index (χ0) is 11.4. The van der Waals surface area contributed by atoms with E-state index >= 15 is 0 Å². The van der Waals surface area contributed by atoms with Crippen LogP contribution < -0.4 is 5.73 Å². The quantitative estimate of drug-likeness (QED) is 0.835. The molecule has 1 nitrogen and oxygen atoms in total. The molecule has 2 heteroatoms. The second kappa shape index (κ2) is 3.33. The van der Waals surface area contributed by atoms with Gasteiger partial charge in [0.25, 0.3) is 0 Å². The van der Waals surface area contributed by atoms with E-state index in [1.54, 1.807) is 15.3 Å². The molecule has 0 aliphatic heterocycles. The first kappa shape index (κ1) is 10.8. The number of hydrogen-bond donors (Lipinski definition) is 1. The van der Waals surface area contributed by atoms with Gasteiger partial charge in [-0.15, -0.1) is 11.3 Å². The summed E-state index contributed by atoms with van der Waals surface area (Å²) < 4.78 is 0. The third kappa shape index (κ3) is 1.46. The van der Waals surface area contributed by atoms with Crippen molar-refractivity contribution in [3.05, 3.63) is 21.4 Å². The van der Waals surface area contributed by atoms with Gasteiger partial charge in [0.2, 0.25) is 0 Å². The fraction of sp³-hybridized carbons (Fsp3) is 0.714. The van der Waals surface area contributed by atoms with Crippen molar-refractivity contribution in [1.82, 2.24) is 0 Å². The van der Waals surface area contributed by atoms with Crippen LogP contribution in [0.4, 0.5) is 0 Å². The highest BCUT2D eigenvalue weighted by Gasteiger charge is 2.54. The van der Waals surface area contributed by atoms with E-state index in [1.165, 1.54) is 38.5 Å². The van der Waals surface area contributed by atoms with Crippen molar-refractivity contribution < 1.29 is 0 Å². The summed E-state index contributed by atoms with van der Waals surface area (Å²) in [6.07, 6.45) is 7.94. The van der Waals surface area contributed by atoms with Gasteiger partial charge < -0.3 is 5.73 Å². The first-order valence-electron chi connectivity index (χ1n) is 6.44. The Morgan fingerprint density at radius 1 is 1.25 bits per heavy atom. The average Bonchev–Trinajstić information content (AvgIpc) is 2.92. The van der Waals surface area contributed by atoms with E-state index in [0.29, 0.717) is 5.41 Å². The topological polar surface area (TPSA) is 26.0 Å². The van der Waals surface area contributed by atoms with Crippen molar-refractivity contribution in [3.63, 3.8) is 0 Å². The first-order valence-corrected chi connectivity index (χ1v) is 7.25. The minimum Gasteiger partial charge on any atom is -0.325 e. The smallest absolute Gasteiger partial charge is 0.0222 e. The summed E-state index contributed by atoms with van der Waals surface area (Å²) in [5.41, 5.74) is 8.26. The van der Waals surface area contributed by atoms with Crippen molar-refractivity contribution in [1.29, 1.82) is 0 Å². The monoisotopic (exact) mass is 235 g/mol. The lowest BCUT2D eigenvalue weighted by Gasteiger charge is -2.29. The van der Waals surface area contributed by atoms with E-state index in [1.807, 2.05) is 0 Å². The highest BCUT2D eigenvalue weighted by molar-refractivity contribution is 7.12. The summed E-state index contributed by atoms with van der Waals surface area (Å²) in [5, 5.41) is 0. The van der Waals surface area contributed by atoms with E-state index in [-0.39, 0.29) is 5.54 Å². The molecule has 88 valence electrons. The lowest BCUT2D eigenvalue weighted by atomic mass is 9.83. The summed E-state index contributed by atoms with van der Waals surface area (Å²) >= 11 is 2.05. The molecule has 2 N–H and O–H groups in total. The van der Waals surface area contributed by atoms with Crippen LogP contribution in [-0.2, 0) is 18.3 Å². The maximum Gasteiger partial charge on any atom is 0.0222 e. The third-order valence-electron chi connectivity index (χ3n) is 4.45. The summed E-state index contributed by atoms with van der Waals surface area (Å²) in [4.78, 5) is 3.23. The SMILES string of the molecule is CC(C)(N)C1(c2cc3c(s2)CCCC3)CC1. The summed E-state index contributed by atoms with van der Waals surface area (Å²) in [7, 11) is 0. The summed E-state index contributed by atoms with van der Waals surface area (Å²) in [5.74, 6) is 0. The van der Waals surface area contributed by atoms with E-state index in [2.05, 4.69) is 31.3 Å². The third-order valence-corrected chi connectivity index (χ3v) is 5.89. The number of rotatable bonds is 2. The van der Waals surface area contributed by atoms with Crippen LogP contribution in [0.15, 0.2) is 6.07 Å². The zero-order valence-corrected chi connectivity index (χ0v) is 11.1. The second-order valence-electron chi connectivity index (χ2n) is 6.07. The second-order valence-corrected chi connectivity index (χ2v) is 7.21. The molecule has 1 heterocycles. The maximum atomic E-state index is 6.37.